The van der Waals surface area contributed by atoms with Gasteiger partial charge in [0, 0.05) is 13.1 Å². The summed E-state index contributed by atoms with van der Waals surface area (Å²) in [5, 5.41) is 12.5. The fourth-order valence-electron chi connectivity index (χ4n) is 3.63. The highest BCUT2D eigenvalue weighted by molar-refractivity contribution is 7.99. The molecule has 2 heterocycles. The molecule has 2 aromatic carbocycles. The maximum atomic E-state index is 12.7. The van der Waals surface area contributed by atoms with E-state index in [4.69, 9.17) is 4.74 Å². The summed E-state index contributed by atoms with van der Waals surface area (Å²) in [6.45, 7) is 6.00. The number of methoxy groups -OCH3 is 1. The summed E-state index contributed by atoms with van der Waals surface area (Å²) in [5.74, 6) is 1.59. The van der Waals surface area contributed by atoms with E-state index in [1.807, 2.05) is 25.1 Å². The lowest BCUT2D eigenvalue weighted by Crippen LogP contribution is -2.22. The third kappa shape index (κ3) is 4.85. The van der Waals surface area contributed by atoms with Crippen molar-refractivity contribution in [1.29, 1.82) is 0 Å². The number of aryl methyl sites for hydroxylation is 2. The molecule has 0 atom stereocenters. The van der Waals surface area contributed by atoms with Gasteiger partial charge >= 0.3 is 0 Å². The lowest BCUT2D eigenvalue weighted by atomic mass is 10.2. The van der Waals surface area contributed by atoms with Crippen LogP contribution in [0.25, 0.3) is 5.69 Å². The van der Waals surface area contributed by atoms with E-state index in [0.29, 0.717) is 16.6 Å². The Morgan fingerprint density at radius 2 is 1.77 bits per heavy atom. The number of nitrogens with zero attached hydrogens (tertiary/aromatic N) is 4. The van der Waals surface area contributed by atoms with Crippen LogP contribution >= 0.6 is 11.8 Å². The summed E-state index contributed by atoms with van der Waals surface area (Å²) in [6.07, 6.45) is 2.31. The van der Waals surface area contributed by atoms with E-state index in [9.17, 15) is 4.79 Å². The Hall–Kier alpha value is -3.00. The van der Waals surface area contributed by atoms with Crippen molar-refractivity contribution in [2.75, 3.05) is 36.2 Å². The van der Waals surface area contributed by atoms with Crippen molar-refractivity contribution >= 4 is 29.3 Å². The summed E-state index contributed by atoms with van der Waals surface area (Å²) in [6, 6.07) is 14.0. The second-order valence-electron chi connectivity index (χ2n) is 7.69. The number of aromatic nitrogens is 3. The molecule has 0 aliphatic carbocycles. The van der Waals surface area contributed by atoms with E-state index < -0.39 is 0 Å². The van der Waals surface area contributed by atoms with Crippen molar-refractivity contribution in [3.63, 3.8) is 0 Å². The third-order valence-electron chi connectivity index (χ3n) is 5.26. The third-order valence-corrected chi connectivity index (χ3v) is 6.19. The number of rotatable bonds is 7. The zero-order valence-corrected chi connectivity index (χ0v) is 18.9. The van der Waals surface area contributed by atoms with Crippen LogP contribution in [0.3, 0.4) is 0 Å². The van der Waals surface area contributed by atoms with Crippen molar-refractivity contribution in [2.24, 2.45) is 0 Å². The van der Waals surface area contributed by atoms with Gasteiger partial charge in [-0.3, -0.25) is 9.36 Å². The molecule has 0 saturated carbocycles. The fourth-order valence-corrected chi connectivity index (χ4v) is 4.38. The lowest BCUT2D eigenvalue weighted by Gasteiger charge is -2.18. The standard InChI is InChI=1S/C23H27N5O2S/c1-16-6-9-18(10-7-16)28-22(27-12-4-5-13-27)25-26-23(28)31-15-21(29)24-19-14-17(2)8-11-20(19)30-3/h6-11,14H,4-5,12-13,15H2,1-3H3,(H,24,29). The summed E-state index contributed by atoms with van der Waals surface area (Å²) >= 11 is 1.38. The highest BCUT2D eigenvalue weighted by Gasteiger charge is 2.23. The first-order chi connectivity index (χ1) is 15.0. The monoisotopic (exact) mass is 437 g/mol. The molecule has 0 unspecified atom stereocenters. The molecule has 1 amide bonds. The van der Waals surface area contributed by atoms with Crippen LogP contribution in [0, 0.1) is 13.8 Å². The number of thioether (sulfide) groups is 1. The minimum Gasteiger partial charge on any atom is -0.495 e. The Morgan fingerprint density at radius 1 is 1.06 bits per heavy atom. The van der Waals surface area contributed by atoms with Gasteiger partial charge in [0.2, 0.25) is 11.9 Å². The van der Waals surface area contributed by atoms with Crippen molar-refractivity contribution in [3.8, 4) is 11.4 Å². The number of hydrogen-bond acceptors (Lipinski definition) is 6. The molecule has 7 nitrogen and oxygen atoms in total. The molecule has 0 radical (unpaired) electrons. The minimum absolute atomic E-state index is 0.116. The maximum Gasteiger partial charge on any atom is 0.234 e. The van der Waals surface area contributed by atoms with Crippen molar-refractivity contribution in [3.05, 3.63) is 53.6 Å². The number of benzene rings is 2. The quantitative estimate of drug-likeness (QED) is 0.558. The second kappa shape index (κ2) is 9.43. The van der Waals surface area contributed by atoms with Crippen LogP contribution in [0.5, 0.6) is 5.75 Å². The molecule has 4 rings (SSSR count). The first-order valence-corrected chi connectivity index (χ1v) is 11.4. The van der Waals surface area contributed by atoms with Gasteiger partial charge in [0.15, 0.2) is 5.16 Å². The van der Waals surface area contributed by atoms with Gasteiger partial charge in [-0.15, -0.1) is 10.2 Å². The lowest BCUT2D eigenvalue weighted by molar-refractivity contribution is -0.113. The fraction of sp³-hybridized carbons (Fsp3) is 0.348. The smallest absolute Gasteiger partial charge is 0.234 e. The molecule has 1 saturated heterocycles. The average Bonchev–Trinajstić information content (AvgIpc) is 3.43. The van der Waals surface area contributed by atoms with E-state index in [-0.39, 0.29) is 11.7 Å². The van der Waals surface area contributed by atoms with Crippen LogP contribution in [0.4, 0.5) is 11.6 Å². The van der Waals surface area contributed by atoms with Gasteiger partial charge in [0.1, 0.15) is 5.75 Å². The SMILES string of the molecule is COc1ccc(C)cc1NC(=O)CSc1nnc(N2CCCC2)n1-c1ccc(C)cc1. The molecule has 8 heteroatoms. The number of carbonyl (C=O) groups is 1. The first-order valence-electron chi connectivity index (χ1n) is 10.4. The Balaban J connectivity index is 1.54. The molecule has 0 spiro atoms. The molecule has 1 aliphatic rings. The highest BCUT2D eigenvalue weighted by Crippen LogP contribution is 2.30. The van der Waals surface area contributed by atoms with Gasteiger partial charge in [-0.05, 0) is 56.5 Å². The average molecular weight is 438 g/mol. The Kier molecular flexibility index (Phi) is 6.46. The van der Waals surface area contributed by atoms with Crippen LogP contribution < -0.4 is 15.0 Å². The molecular weight excluding hydrogens is 410 g/mol. The second-order valence-corrected chi connectivity index (χ2v) is 8.63. The minimum atomic E-state index is -0.116. The van der Waals surface area contributed by atoms with Gasteiger partial charge in [0.05, 0.1) is 24.2 Å². The topological polar surface area (TPSA) is 72.3 Å². The van der Waals surface area contributed by atoms with Gasteiger partial charge in [-0.1, -0.05) is 35.5 Å². The van der Waals surface area contributed by atoms with Crippen LogP contribution in [-0.2, 0) is 4.79 Å². The van der Waals surface area contributed by atoms with Crippen LogP contribution in [0.15, 0.2) is 47.6 Å². The molecule has 1 aromatic heterocycles. The molecule has 1 N–H and O–H groups in total. The van der Waals surface area contributed by atoms with Gasteiger partial charge in [-0.25, -0.2) is 0 Å². The number of amides is 1. The zero-order valence-electron chi connectivity index (χ0n) is 18.1. The van der Waals surface area contributed by atoms with Crippen molar-refractivity contribution in [2.45, 2.75) is 31.8 Å². The van der Waals surface area contributed by atoms with Crippen LogP contribution in [0.2, 0.25) is 0 Å². The molecule has 1 aliphatic heterocycles. The molecule has 0 bridgehead atoms. The van der Waals surface area contributed by atoms with Crippen molar-refractivity contribution < 1.29 is 9.53 Å². The first kappa shape index (κ1) is 21.2. The molecule has 31 heavy (non-hydrogen) atoms. The van der Waals surface area contributed by atoms with Gasteiger partial charge in [-0.2, -0.15) is 0 Å². The van der Waals surface area contributed by atoms with Gasteiger partial charge in [0.25, 0.3) is 0 Å². The van der Waals surface area contributed by atoms with Gasteiger partial charge < -0.3 is 15.0 Å². The summed E-state index contributed by atoms with van der Waals surface area (Å²) < 4.78 is 7.41. The van der Waals surface area contributed by atoms with E-state index in [1.165, 1.54) is 17.3 Å². The molecule has 1 fully saturated rings. The van der Waals surface area contributed by atoms with E-state index >= 15 is 0 Å². The molecular formula is C23H27N5O2S. The number of carbonyl (C=O) groups excluding carboxylic acids is 1. The largest absolute Gasteiger partial charge is 0.495 e. The van der Waals surface area contributed by atoms with E-state index in [2.05, 4.69) is 56.2 Å². The number of anilines is 2. The Morgan fingerprint density at radius 3 is 2.48 bits per heavy atom. The highest BCUT2D eigenvalue weighted by atomic mass is 32.2. The van der Waals surface area contributed by atoms with Crippen LogP contribution in [-0.4, -0.2) is 46.6 Å². The van der Waals surface area contributed by atoms with Crippen LogP contribution in [0.1, 0.15) is 24.0 Å². The summed E-state index contributed by atoms with van der Waals surface area (Å²) in [4.78, 5) is 14.9. The molecule has 3 aromatic rings. The normalized spacial score (nSPS) is 13.5. The number of nitrogens with one attached hydrogen (secondary N) is 1. The maximum absolute atomic E-state index is 12.7. The van der Waals surface area contributed by atoms with E-state index in [1.54, 1.807) is 7.11 Å². The number of hydrogen-bond donors (Lipinski definition) is 1. The summed E-state index contributed by atoms with van der Waals surface area (Å²) in [7, 11) is 1.60. The van der Waals surface area contributed by atoms with E-state index in [0.717, 1.165) is 43.1 Å². The predicted octanol–water partition coefficient (Wildman–Crippen LogP) is 4.22. The molecule has 162 valence electrons. The Bertz CT molecular complexity index is 1060. The Labute approximate surface area is 186 Å². The predicted molar refractivity (Wildman–Crippen MR) is 125 cm³/mol. The van der Waals surface area contributed by atoms with Crippen molar-refractivity contribution in [1.82, 2.24) is 14.8 Å². The number of ether oxygens (including phenoxy) is 1. The zero-order chi connectivity index (χ0) is 21.8. The summed E-state index contributed by atoms with van der Waals surface area (Å²) in [5.41, 5.74) is 3.92.